The van der Waals surface area contributed by atoms with Gasteiger partial charge >= 0.3 is 0 Å². The van der Waals surface area contributed by atoms with Crippen molar-refractivity contribution in [1.29, 1.82) is 0 Å². The first-order valence-corrected chi connectivity index (χ1v) is 5.38. The molecule has 1 aromatic carbocycles. The summed E-state index contributed by atoms with van der Waals surface area (Å²) in [5.74, 6) is 1.44. The van der Waals surface area contributed by atoms with E-state index in [0.717, 1.165) is 22.1 Å². The van der Waals surface area contributed by atoms with Gasteiger partial charge in [0.05, 0.1) is 12.2 Å². The van der Waals surface area contributed by atoms with Crippen LogP contribution in [0.1, 0.15) is 17.2 Å². The molecule has 4 nitrogen and oxygen atoms in total. The van der Waals surface area contributed by atoms with E-state index in [0.29, 0.717) is 12.4 Å². The zero-order chi connectivity index (χ0) is 11.7. The summed E-state index contributed by atoms with van der Waals surface area (Å²) < 4.78 is 1.74. The number of hydrogen-bond donors (Lipinski definition) is 1. The van der Waals surface area contributed by atoms with Crippen LogP contribution >= 0.6 is 11.6 Å². The van der Waals surface area contributed by atoms with Crippen molar-refractivity contribution in [1.82, 2.24) is 14.8 Å². The summed E-state index contributed by atoms with van der Waals surface area (Å²) in [4.78, 5) is 4.24. The number of hydrogen-bond acceptors (Lipinski definition) is 3. The van der Waals surface area contributed by atoms with Crippen LogP contribution < -0.4 is 5.73 Å². The van der Waals surface area contributed by atoms with Crippen molar-refractivity contribution < 1.29 is 0 Å². The summed E-state index contributed by atoms with van der Waals surface area (Å²) in [5.41, 5.74) is 7.45. The average molecular weight is 237 g/mol. The third-order valence-corrected chi connectivity index (χ3v) is 2.80. The van der Waals surface area contributed by atoms with Crippen molar-refractivity contribution >= 4 is 11.6 Å². The van der Waals surface area contributed by atoms with Crippen LogP contribution in [0.25, 0.3) is 5.69 Å². The first-order chi connectivity index (χ1) is 7.61. The Morgan fingerprint density at radius 2 is 2.12 bits per heavy atom. The van der Waals surface area contributed by atoms with Gasteiger partial charge in [0.15, 0.2) is 5.82 Å². The summed E-state index contributed by atoms with van der Waals surface area (Å²) in [6.07, 6.45) is 0. The molecule has 0 aliphatic heterocycles. The zero-order valence-electron chi connectivity index (χ0n) is 9.24. The van der Waals surface area contributed by atoms with E-state index in [1.54, 1.807) is 4.68 Å². The molecule has 2 aromatic rings. The van der Waals surface area contributed by atoms with Crippen molar-refractivity contribution in [3.05, 3.63) is 40.4 Å². The Labute approximate surface area is 99.1 Å². The molecule has 0 fully saturated rings. The summed E-state index contributed by atoms with van der Waals surface area (Å²) in [5, 5.41) is 5.02. The fourth-order valence-electron chi connectivity index (χ4n) is 1.49. The second-order valence-corrected chi connectivity index (χ2v) is 4.03. The number of aromatic nitrogens is 3. The number of aryl methyl sites for hydroxylation is 2. The lowest BCUT2D eigenvalue weighted by Gasteiger charge is -2.04. The van der Waals surface area contributed by atoms with Gasteiger partial charge in [0.25, 0.3) is 0 Å². The smallest absolute Gasteiger partial charge is 0.164 e. The molecule has 0 bridgehead atoms. The second-order valence-electron chi connectivity index (χ2n) is 3.62. The predicted molar refractivity (Wildman–Crippen MR) is 63.7 cm³/mol. The van der Waals surface area contributed by atoms with E-state index in [2.05, 4.69) is 10.1 Å². The van der Waals surface area contributed by atoms with E-state index in [4.69, 9.17) is 17.3 Å². The molecule has 0 atom stereocenters. The molecule has 1 heterocycles. The quantitative estimate of drug-likeness (QED) is 0.868. The van der Waals surface area contributed by atoms with E-state index < -0.39 is 0 Å². The zero-order valence-corrected chi connectivity index (χ0v) is 9.99. The van der Waals surface area contributed by atoms with Gasteiger partial charge in [-0.05, 0) is 31.5 Å². The van der Waals surface area contributed by atoms with Gasteiger partial charge in [-0.25, -0.2) is 9.67 Å². The van der Waals surface area contributed by atoms with Crippen molar-refractivity contribution in [3.8, 4) is 5.69 Å². The summed E-state index contributed by atoms with van der Waals surface area (Å²) in [7, 11) is 0. The van der Waals surface area contributed by atoms with Crippen LogP contribution in [0.3, 0.4) is 0 Å². The highest BCUT2D eigenvalue weighted by Gasteiger charge is 2.07. The first kappa shape index (κ1) is 11.1. The van der Waals surface area contributed by atoms with Gasteiger partial charge in [-0.3, -0.25) is 0 Å². The van der Waals surface area contributed by atoms with E-state index in [-0.39, 0.29) is 0 Å². The molecule has 16 heavy (non-hydrogen) atoms. The summed E-state index contributed by atoms with van der Waals surface area (Å²) in [6, 6.07) is 5.79. The number of nitrogens with zero attached hydrogens (tertiary/aromatic N) is 3. The van der Waals surface area contributed by atoms with Gasteiger partial charge in [0.1, 0.15) is 5.82 Å². The van der Waals surface area contributed by atoms with Crippen molar-refractivity contribution in [3.63, 3.8) is 0 Å². The van der Waals surface area contributed by atoms with Crippen LogP contribution in [0.15, 0.2) is 18.2 Å². The Bertz CT molecular complexity index is 519. The molecule has 0 radical (unpaired) electrons. The van der Waals surface area contributed by atoms with Crippen LogP contribution in [-0.2, 0) is 6.54 Å². The van der Waals surface area contributed by atoms with Gasteiger partial charge in [-0.2, -0.15) is 0 Å². The van der Waals surface area contributed by atoms with Crippen molar-refractivity contribution in [2.45, 2.75) is 20.4 Å². The standard InChI is InChI=1S/C11H13ClN4/c1-7-3-4-9(5-10(7)12)16-8(2)14-11(6-13)15-16/h3-5H,6,13H2,1-2H3. The number of rotatable bonds is 2. The number of nitrogens with two attached hydrogens (primary N) is 1. The Balaban J connectivity index is 2.49. The molecule has 0 saturated heterocycles. The van der Waals surface area contributed by atoms with Crippen LogP contribution in [0.2, 0.25) is 5.02 Å². The Kier molecular flexibility index (Phi) is 2.94. The van der Waals surface area contributed by atoms with E-state index in [1.165, 1.54) is 0 Å². The lowest BCUT2D eigenvalue weighted by atomic mass is 10.2. The average Bonchev–Trinajstić information content (AvgIpc) is 2.64. The molecule has 0 unspecified atom stereocenters. The lowest BCUT2D eigenvalue weighted by Crippen LogP contribution is -2.02. The molecule has 84 valence electrons. The van der Waals surface area contributed by atoms with Gasteiger partial charge in [-0.15, -0.1) is 5.10 Å². The Hall–Kier alpha value is -1.39. The normalized spacial score (nSPS) is 10.8. The highest BCUT2D eigenvalue weighted by Crippen LogP contribution is 2.19. The minimum atomic E-state index is 0.341. The van der Waals surface area contributed by atoms with Gasteiger partial charge in [0, 0.05) is 5.02 Å². The van der Waals surface area contributed by atoms with Gasteiger partial charge in [-0.1, -0.05) is 17.7 Å². The van der Waals surface area contributed by atoms with Crippen LogP contribution in [0, 0.1) is 13.8 Å². The highest BCUT2D eigenvalue weighted by molar-refractivity contribution is 6.31. The number of halogens is 1. The van der Waals surface area contributed by atoms with Crippen LogP contribution in [-0.4, -0.2) is 14.8 Å². The molecule has 0 aliphatic carbocycles. The van der Waals surface area contributed by atoms with Crippen molar-refractivity contribution in [2.24, 2.45) is 5.73 Å². The van der Waals surface area contributed by atoms with E-state index in [1.807, 2.05) is 32.0 Å². The SMILES string of the molecule is Cc1ccc(-n2nc(CN)nc2C)cc1Cl. The molecule has 0 saturated carbocycles. The third kappa shape index (κ3) is 1.94. The largest absolute Gasteiger partial charge is 0.324 e. The fraction of sp³-hybridized carbons (Fsp3) is 0.273. The molecule has 0 amide bonds. The predicted octanol–water partition coefficient (Wildman–Crippen LogP) is 2.00. The third-order valence-electron chi connectivity index (χ3n) is 2.40. The van der Waals surface area contributed by atoms with Crippen LogP contribution in [0.4, 0.5) is 0 Å². The maximum Gasteiger partial charge on any atom is 0.164 e. The Morgan fingerprint density at radius 1 is 1.38 bits per heavy atom. The summed E-state index contributed by atoms with van der Waals surface area (Å²) in [6.45, 7) is 4.19. The lowest BCUT2D eigenvalue weighted by molar-refractivity contribution is 0.812. The minimum absolute atomic E-state index is 0.341. The molecule has 0 spiro atoms. The molecule has 2 N–H and O–H groups in total. The molecular formula is C11H13ClN4. The maximum absolute atomic E-state index is 6.07. The second kappa shape index (κ2) is 4.23. The molecule has 5 heteroatoms. The topological polar surface area (TPSA) is 56.7 Å². The summed E-state index contributed by atoms with van der Waals surface area (Å²) >= 11 is 6.07. The van der Waals surface area contributed by atoms with E-state index >= 15 is 0 Å². The fourth-order valence-corrected chi connectivity index (χ4v) is 1.66. The molecule has 2 rings (SSSR count). The van der Waals surface area contributed by atoms with Gasteiger partial charge in [0.2, 0.25) is 0 Å². The minimum Gasteiger partial charge on any atom is -0.324 e. The molecular weight excluding hydrogens is 224 g/mol. The monoisotopic (exact) mass is 236 g/mol. The highest BCUT2D eigenvalue weighted by atomic mass is 35.5. The van der Waals surface area contributed by atoms with Crippen molar-refractivity contribution in [2.75, 3.05) is 0 Å². The van der Waals surface area contributed by atoms with E-state index in [9.17, 15) is 0 Å². The molecule has 1 aromatic heterocycles. The first-order valence-electron chi connectivity index (χ1n) is 5.01. The number of benzene rings is 1. The maximum atomic E-state index is 6.07. The molecule has 0 aliphatic rings. The van der Waals surface area contributed by atoms with Crippen LogP contribution in [0.5, 0.6) is 0 Å². The Morgan fingerprint density at radius 3 is 2.69 bits per heavy atom. The van der Waals surface area contributed by atoms with Gasteiger partial charge < -0.3 is 5.73 Å².